The molecule has 0 bridgehead atoms. The number of nitrogens with one attached hydrogen (secondary N) is 1. The zero-order valence-electron chi connectivity index (χ0n) is 17.1. The Balaban J connectivity index is 1.77. The first kappa shape index (κ1) is 20.1. The fourth-order valence-corrected chi connectivity index (χ4v) is 3.84. The molecule has 1 aliphatic rings. The number of rotatable bonds is 6. The monoisotopic (exact) mass is 383 g/mol. The third-order valence-corrected chi connectivity index (χ3v) is 5.31. The van der Waals surface area contributed by atoms with Crippen LogP contribution in [0.5, 0.6) is 0 Å². The molecule has 28 heavy (non-hydrogen) atoms. The molecule has 1 aromatic heterocycles. The van der Waals surface area contributed by atoms with Crippen LogP contribution in [0.15, 0.2) is 30.5 Å². The van der Waals surface area contributed by atoms with E-state index in [-0.39, 0.29) is 29.8 Å². The van der Waals surface area contributed by atoms with Gasteiger partial charge in [0.15, 0.2) is 0 Å². The van der Waals surface area contributed by atoms with Gasteiger partial charge >= 0.3 is 5.97 Å². The minimum atomic E-state index is -0.284. The van der Waals surface area contributed by atoms with Crippen molar-refractivity contribution in [1.82, 2.24) is 15.1 Å². The number of fused-ring (bicyclic) bond motifs is 1. The van der Waals surface area contributed by atoms with Gasteiger partial charge in [0.05, 0.1) is 30.7 Å². The van der Waals surface area contributed by atoms with E-state index in [2.05, 4.69) is 60.2 Å². The molecule has 1 aliphatic carbocycles. The highest BCUT2D eigenvalue weighted by Gasteiger charge is 2.35. The van der Waals surface area contributed by atoms with Gasteiger partial charge in [-0.15, -0.1) is 0 Å². The zero-order chi connectivity index (χ0) is 20.3. The number of carbonyl (C=O) groups is 2. The Morgan fingerprint density at radius 1 is 1.25 bits per heavy atom. The van der Waals surface area contributed by atoms with Crippen molar-refractivity contribution in [3.05, 3.63) is 47.3 Å². The number of nitrogens with zero attached hydrogens (tertiary/aromatic N) is 2. The number of methoxy groups -OCH3 is 1. The summed E-state index contributed by atoms with van der Waals surface area (Å²) < 4.78 is 6.62. The van der Waals surface area contributed by atoms with Crippen LogP contribution >= 0.6 is 0 Å². The molecule has 0 saturated carbocycles. The molecule has 3 rings (SSSR count). The molecule has 1 N–H and O–H groups in total. The summed E-state index contributed by atoms with van der Waals surface area (Å²) in [5.41, 5.74) is 4.54. The highest BCUT2D eigenvalue weighted by Crippen LogP contribution is 2.41. The van der Waals surface area contributed by atoms with E-state index in [9.17, 15) is 9.59 Å². The highest BCUT2D eigenvalue weighted by molar-refractivity contribution is 5.77. The van der Waals surface area contributed by atoms with Crippen molar-refractivity contribution in [2.45, 2.75) is 58.9 Å². The van der Waals surface area contributed by atoms with Crippen LogP contribution in [-0.2, 0) is 20.7 Å². The largest absolute Gasteiger partial charge is 0.469 e. The summed E-state index contributed by atoms with van der Waals surface area (Å²) in [6.07, 6.45) is 4.71. The number of esters is 1. The maximum Gasteiger partial charge on any atom is 0.305 e. The predicted octanol–water partition coefficient (Wildman–Crippen LogP) is 3.65. The van der Waals surface area contributed by atoms with E-state index >= 15 is 0 Å². The first-order valence-electron chi connectivity index (χ1n) is 9.79. The SMILES string of the molecule is COC(=O)CCCC(=O)N[C@@H]1CC(C)(C)Cc2c1cnn2-c1ccc(C)cc1. The summed E-state index contributed by atoms with van der Waals surface area (Å²) in [7, 11) is 1.36. The third-order valence-electron chi connectivity index (χ3n) is 5.31. The van der Waals surface area contributed by atoms with Gasteiger partial charge < -0.3 is 10.1 Å². The number of amides is 1. The molecule has 1 heterocycles. The first-order chi connectivity index (χ1) is 13.3. The average Bonchev–Trinajstić information content (AvgIpc) is 3.04. The molecule has 0 saturated heterocycles. The van der Waals surface area contributed by atoms with E-state index < -0.39 is 0 Å². The van der Waals surface area contributed by atoms with Crippen molar-refractivity contribution in [2.24, 2.45) is 5.41 Å². The lowest BCUT2D eigenvalue weighted by Gasteiger charge is -2.36. The summed E-state index contributed by atoms with van der Waals surface area (Å²) in [5, 5.41) is 7.77. The van der Waals surface area contributed by atoms with Crippen LogP contribution in [0.2, 0.25) is 0 Å². The smallest absolute Gasteiger partial charge is 0.305 e. The molecule has 0 radical (unpaired) electrons. The second kappa shape index (κ2) is 8.17. The number of benzene rings is 1. The van der Waals surface area contributed by atoms with Gasteiger partial charge in [0, 0.05) is 18.4 Å². The van der Waals surface area contributed by atoms with Gasteiger partial charge in [-0.25, -0.2) is 4.68 Å². The molecular weight excluding hydrogens is 354 g/mol. The standard InChI is InChI=1S/C22H29N3O3/c1-15-8-10-16(11-9-15)25-19-13-22(2,3)12-18(17(19)14-23-25)24-20(26)6-5-7-21(27)28-4/h8-11,14,18H,5-7,12-13H2,1-4H3,(H,24,26)/t18-/m1/s1. The van der Waals surface area contributed by atoms with Crippen molar-refractivity contribution >= 4 is 11.9 Å². The molecule has 6 nitrogen and oxygen atoms in total. The number of carbonyl (C=O) groups excluding carboxylic acids is 2. The molecular formula is C22H29N3O3. The zero-order valence-corrected chi connectivity index (χ0v) is 17.1. The maximum atomic E-state index is 12.4. The number of hydrogen-bond acceptors (Lipinski definition) is 4. The first-order valence-corrected chi connectivity index (χ1v) is 9.79. The quantitative estimate of drug-likeness (QED) is 0.773. The Morgan fingerprint density at radius 2 is 1.96 bits per heavy atom. The normalized spacial score (nSPS) is 17.6. The Bertz CT molecular complexity index is 852. The summed E-state index contributed by atoms with van der Waals surface area (Å²) in [5.74, 6) is -0.325. The van der Waals surface area contributed by atoms with E-state index in [1.54, 1.807) is 0 Å². The molecule has 0 fully saturated rings. The van der Waals surface area contributed by atoms with E-state index in [1.165, 1.54) is 12.7 Å². The van der Waals surface area contributed by atoms with Gasteiger partial charge in [-0.1, -0.05) is 31.5 Å². The van der Waals surface area contributed by atoms with Crippen LogP contribution in [0.3, 0.4) is 0 Å². The molecule has 6 heteroatoms. The summed E-state index contributed by atoms with van der Waals surface area (Å²) in [6, 6.07) is 8.24. The van der Waals surface area contributed by atoms with Crippen LogP contribution in [0.4, 0.5) is 0 Å². The average molecular weight is 383 g/mol. The Morgan fingerprint density at radius 3 is 2.64 bits per heavy atom. The van der Waals surface area contributed by atoms with Crippen LogP contribution in [0, 0.1) is 12.3 Å². The van der Waals surface area contributed by atoms with Gasteiger partial charge in [-0.05, 0) is 43.7 Å². The van der Waals surface area contributed by atoms with Crippen LogP contribution in [0.1, 0.15) is 62.4 Å². The lowest BCUT2D eigenvalue weighted by molar-refractivity contribution is -0.140. The topological polar surface area (TPSA) is 73.2 Å². The fourth-order valence-electron chi connectivity index (χ4n) is 3.84. The Labute approximate surface area is 166 Å². The van der Waals surface area contributed by atoms with Crippen molar-refractivity contribution in [3.63, 3.8) is 0 Å². The van der Waals surface area contributed by atoms with Gasteiger partial charge in [-0.2, -0.15) is 5.10 Å². The fraction of sp³-hybridized carbons (Fsp3) is 0.500. The third kappa shape index (κ3) is 4.61. The molecule has 1 atom stereocenters. The van der Waals surface area contributed by atoms with Crippen molar-refractivity contribution in [1.29, 1.82) is 0 Å². The second-order valence-electron chi connectivity index (χ2n) is 8.39. The highest BCUT2D eigenvalue weighted by atomic mass is 16.5. The number of aryl methyl sites for hydroxylation is 1. The maximum absolute atomic E-state index is 12.4. The van der Waals surface area contributed by atoms with Gasteiger partial charge in [0.2, 0.25) is 5.91 Å². The summed E-state index contributed by atoms with van der Waals surface area (Å²) in [6.45, 7) is 6.51. The van der Waals surface area contributed by atoms with Crippen molar-refractivity contribution in [3.8, 4) is 5.69 Å². The molecule has 0 spiro atoms. The van der Waals surface area contributed by atoms with E-state index in [4.69, 9.17) is 0 Å². The number of hydrogen-bond donors (Lipinski definition) is 1. The molecule has 0 unspecified atom stereocenters. The van der Waals surface area contributed by atoms with Gasteiger partial charge in [0.1, 0.15) is 0 Å². The lowest BCUT2D eigenvalue weighted by Crippen LogP contribution is -2.36. The summed E-state index contributed by atoms with van der Waals surface area (Å²) in [4.78, 5) is 23.7. The minimum Gasteiger partial charge on any atom is -0.469 e. The minimum absolute atomic E-state index is 0.0411. The predicted molar refractivity (Wildman–Crippen MR) is 107 cm³/mol. The van der Waals surface area contributed by atoms with Crippen molar-refractivity contribution in [2.75, 3.05) is 7.11 Å². The van der Waals surface area contributed by atoms with E-state index in [1.807, 2.05) is 10.9 Å². The lowest BCUT2D eigenvalue weighted by atomic mass is 9.74. The molecule has 0 aliphatic heterocycles. The summed E-state index contributed by atoms with van der Waals surface area (Å²) >= 11 is 0. The number of aromatic nitrogens is 2. The molecule has 150 valence electrons. The van der Waals surface area contributed by atoms with E-state index in [0.29, 0.717) is 12.8 Å². The van der Waals surface area contributed by atoms with Crippen LogP contribution in [-0.4, -0.2) is 28.8 Å². The number of ether oxygens (including phenoxy) is 1. The molecule has 2 aromatic rings. The van der Waals surface area contributed by atoms with Gasteiger partial charge in [-0.3, -0.25) is 9.59 Å². The Hall–Kier alpha value is -2.63. The molecule has 1 amide bonds. The van der Waals surface area contributed by atoms with Crippen molar-refractivity contribution < 1.29 is 14.3 Å². The van der Waals surface area contributed by atoms with Crippen LogP contribution in [0.25, 0.3) is 5.69 Å². The van der Waals surface area contributed by atoms with E-state index in [0.717, 1.165) is 29.8 Å². The van der Waals surface area contributed by atoms with Crippen LogP contribution < -0.4 is 5.32 Å². The van der Waals surface area contributed by atoms with Gasteiger partial charge in [0.25, 0.3) is 0 Å². The molecule has 1 aromatic carbocycles. The second-order valence-corrected chi connectivity index (χ2v) is 8.39. The Kier molecular flexibility index (Phi) is 5.87.